The number of nitrogens with one attached hydrogen (secondary N) is 2. The van der Waals surface area contributed by atoms with E-state index >= 15 is 0 Å². The van der Waals surface area contributed by atoms with Gasteiger partial charge in [0.05, 0.1) is 18.2 Å². The molecule has 2 bridgehead atoms. The summed E-state index contributed by atoms with van der Waals surface area (Å²) in [5.41, 5.74) is 1.75. The van der Waals surface area contributed by atoms with E-state index in [9.17, 15) is 0 Å². The Hall–Kier alpha value is -2.06. The minimum absolute atomic E-state index is 0.495. The smallest absolute Gasteiger partial charge is 0.191 e. The van der Waals surface area contributed by atoms with Crippen LogP contribution in [-0.4, -0.2) is 42.6 Å². The molecule has 2 saturated heterocycles. The first-order valence-corrected chi connectivity index (χ1v) is 9.45. The van der Waals surface area contributed by atoms with Crippen LogP contribution in [0.3, 0.4) is 0 Å². The van der Waals surface area contributed by atoms with Gasteiger partial charge in [0.2, 0.25) is 0 Å². The summed E-state index contributed by atoms with van der Waals surface area (Å²) in [5.74, 6) is 0.887. The summed E-state index contributed by atoms with van der Waals surface area (Å²) in [7, 11) is 2.28. The molecular weight excluding hydrogens is 310 g/mol. The van der Waals surface area contributed by atoms with E-state index in [0.29, 0.717) is 30.2 Å². The number of fused-ring (bicyclic) bond motifs is 2. The minimum atomic E-state index is 0.495. The van der Waals surface area contributed by atoms with E-state index in [1.807, 2.05) is 24.3 Å². The van der Waals surface area contributed by atoms with Crippen LogP contribution in [0.4, 0.5) is 0 Å². The molecule has 1 aromatic carbocycles. The number of guanidine groups is 1. The van der Waals surface area contributed by atoms with Gasteiger partial charge in [0.25, 0.3) is 0 Å². The Bertz CT molecular complexity index is 634. The topological polar surface area (TPSA) is 63.5 Å². The second-order valence-electron chi connectivity index (χ2n) is 7.22. The molecule has 2 unspecified atom stereocenters. The van der Waals surface area contributed by atoms with Gasteiger partial charge in [-0.25, -0.2) is 4.99 Å². The van der Waals surface area contributed by atoms with Crippen LogP contribution >= 0.6 is 0 Å². The monoisotopic (exact) mass is 339 g/mol. The quantitative estimate of drug-likeness (QED) is 0.654. The fourth-order valence-corrected chi connectivity index (χ4v) is 4.16. The SMILES string of the molecule is CCNC(=NCc1cccc(C#N)c1)NC1CC2CCCC(C1)N2C. The van der Waals surface area contributed by atoms with Crippen molar-refractivity contribution in [2.45, 2.75) is 63.7 Å². The van der Waals surface area contributed by atoms with Crippen molar-refractivity contribution in [3.05, 3.63) is 35.4 Å². The number of benzene rings is 1. The van der Waals surface area contributed by atoms with Crippen molar-refractivity contribution in [1.82, 2.24) is 15.5 Å². The molecule has 5 heteroatoms. The second-order valence-corrected chi connectivity index (χ2v) is 7.22. The highest BCUT2D eigenvalue weighted by Crippen LogP contribution is 2.32. The van der Waals surface area contributed by atoms with Gasteiger partial charge >= 0.3 is 0 Å². The molecule has 2 aliphatic rings. The Balaban J connectivity index is 1.63. The summed E-state index contributed by atoms with van der Waals surface area (Å²) in [4.78, 5) is 7.32. The first-order valence-electron chi connectivity index (χ1n) is 9.45. The number of hydrogen-bond acceptors (Lipinski definition) is 3. The largest absolute Gasteiger partial charge is 0.357 e. The number of nitriles is 1. The van der Waals surface area contributed by atoms with Gasteiger partial charge in [-0.3, -0.25) is 0 Å². The van der Waals surface area contributed by atoms with Crippen molar-refractivity contribution in [2.75, 3.05) is 13.6 Å². The zero-order valence-corrected chi connectivity index (χ0v) is 15.3. The highest BCUT2D eigenvalue weighted by molar-refractivity contribution is 5.80. The van der Waals surface area contributed by atoms with Gasteiger partial charge in [-0.15, -0.1) is 0 Å². The van der Waals surface area contributed by atoms with Crippen LogP contribution in [0.1, 0.15) is 50.2 Å². The number of aliphatic imine (C=N–C) groups is 1. The van der Waals surface area contributed by atoms with E-state index in [1.165, 1.54) is 32.1 Å². The van der Waals surface area contributed by atoms with Crippen LogP contribution in [0.2, 0.25) is 0 Å². The maximum atomic E-state index is 9.03. The average molecular weight is 339 g/mol. The standard InChI is InChI=1S/C20H29N5/c1-3-22-20(23-14-16-7-4-6-15(10-16)13-21)24-17-11-18-8-5-9-19(12-17)25(18)2/h4,6-7,10,17-19H,3,5,8-9,11-12,14H2,1-2H3,(H2,22,23,24). The molecule has 5 nitrogen and oxygen atoms in total. The highest BCUT2D eigenvalue weighted by atomic mass is 15.2. The number of hydrogen-bond donors (Lipinski definition) is 2. The Labute approximate surface area is 151 Å². The van der Waals surface area contributed by atoms with E-state index in [1.54, 1.807) is 0 Å². The van der Waals surface area contributed by atoms with Gasteiger partial charge in [-0.1, -0.05) is 18.6 Å². The summed E-state index contributed by atoms with van der Waals surface area (Å²) >= 11 is 0. The van der Waals surface area contributed by atoms with Crippen LogP contribution in [0.25, 0.3) is 0 Å². The molecule has 3 rings (SSSR count). The molecule has 2 aliphatic heterocycles. The summed E-state index contributed by atoms with van der Waals surface area (Å²) < 4.78 is 0. The summed E-state index contributed by atoms with van der Waals surface area (Å²) in [5, 5.41) is 16.0. The fraction of sp³-hybridized carbons (Fsp3) is 0.600. The van der Waals surface area contributed by atoms with Gasteiger partial charge < -0.3 is 15.5 Å². The van der Waals surface area contributed by atoms with Crippen molar-refractivity contribution in [1.29, 1.82) is 5.26 Å². The maximum Gasteiger partial charge on any atom is 0.191 e. The van der Waals surface area contributed by atoms with Crippen molar-refractivity contribution >= 4 is 5.96 Å². The van der Waals surface area contributed by atoms with Gasteiger partial charge in [-0.2, -0.15) is 5.26 Å². The van der Waals surface area contributed by atoms with Crippen LogP contribution < -0.4 is 10.6 Å². The number of piperidine rings is 2. The van der Waals surface area contributed by atoms with Crippen molar-refractivity contribution in [2.24, 2.45) is 4.99 Å². The van der Waals surface area contributed by atoms with Crippen LogP contribution in [0.5, 0.6) is 0 Å². The van der Waals surface area contributed by atoms with E-state index < -0.39 is 0 Å². The first-order chi connectivity index (χ1) is 12.2. The molecule has 1 aromatic rings. The Morgan fingerprint density at radius 3 is 2.76 bits per heavy atom. The van der Waals surface area contributed by atoms with Crippen molar-refractivity contribution in [3.8, 4) is 6.07 Å². The molecule has 2 heterocycles. The highest BCUT2D eigenvalue weighted by Gasteiger charge is 2.36. The predicted molar refractivity (Wildman–Crippen MR) is 101 cm³/mol. The van der Waals surface area contributed by atoms with Crippen LogP contribution in [0.15, 0.2) is 29.3 Å². The molecule has 0 aromatic heterocycles. The normalized spacial score (nSPS) is 26.8. The molecule has 2 fully saturated rings. The van der Waals surface area contributed by atoms with Crippen molar-refractivity contribution < 1.29 is 0 Å². The van der Waals surface area contributed by atoms with Gasteiger partial charge in [-0.05, 0) is 57.4 Å². The summed E-state index contributed by atoms with van der Waals surface area (Å²) in [6, 6.07) is 11.8. The molecule has 25 heavy (non-hydrogen) atoms. The average Bonchev–Trinajstić information content (AvgIpc) is 2.61. The zero-order valence-electron chi connectivity index (χ0n) is 15.3. The second kappa shape index (κ2) is 8.35. The number of rotatable bonds is 4. The molecule has 0 amide bonds. The van der Waals surface area contributed by atoms with Crippen LogP contribution in [0, 0.1) is 11.3 Å². The Morgan fingerprint density at radius 1 is 1.32 bits per heavy atom. The first kappa shape index (κ1) is 17.8. The molecule has 2 N–H and O–H groups in total. The molecule has 0 spiro atoms. The predicted octanol–water partition coefficient (Wildman–Crippen LogP) is 2.63. The lowest BCUT2D eigenvalue weighted by molar-refractivity contribution is 0.0526. The van der Waals surface area contributed by atoms with Gasteiger partial charge in [0.1, 0.15) is 0 Å². The van der Waals surface area contributed by atoms with Gasteiger partial charge in [0, 0.05) is 24.7 Å². The lowest BCUT2D eigenvalue weighted by Gasteiger charge is -2.47. The Morgan fingerprint density at radius 2 is 2.08 bits per heavy atom. The minimum Gasteiger partial charge on any atom is -0.357 e. The van der Waals surface area contributed by atoms with E-state index in [-0.39, 0.29) is 0 Å². The third-order valence-electron chi connectivity index (χ3n) is 5.50. The van der Waals surface area contributed by atoms with Crippen LogP contribution in [-0.2, 0) is 6.54 Å². The molecule has 0 radical (unpaired) electrons. The zero-order chi connectivity index (χ0) is 17.6. The van der Waals surface area contributed by atoms with E-state index in [4.69, 9.17) is 10.3 Å². The molecule has 0 saturated carbocycles. The lowest BCUT2D eigenvalue weighted by atomic mass is 9.82. The lowest BCUT2D eigenvalue weighted by Crippen LogP contribution is -2.56. The number of nitrogens with zero attached hydrogens (tertiary/aromatic N) is 3. The van der Waals surface area contributed by atoms with E-state index in [2.05, 4.69) is 35.6 Å². The maximum absolute atomic E-state index is 9.03. The summed E-state index contributed by atoms with van der Waals surface area (Å²) in [6.45, 7) is 3.53. The fourth-order valence-electron chi connectivity index (χ4n) is 4.16. The molecule has 134 valence electrons. The molecule has 2 atom stereocenters. The van der Waals surface area contributed by atoms with Gasteiger partial charge in [0.15, 0.2) is 5.96 Å². The summed E-state index contributed by atoms with van der Waals surface area (Å²) in [6.07, 6.45) is 6.40. The molecule has 0 aliphatic carbocycles. The van der Waals surface area contributed by atoms with Crippen molar-refractivity contribution in [3.63, 3.8) is 0 Å². The van der Waals surface area contributed by atoms with E-state index in [0.717, 1.165) is 18.1 Å². The third kappa shape index (κ3) is 4.52. The Kier molecular flexibility index (Phi) is 5.93. The third-order valence-corrected chi connectivity index (χ3v) is 5.50. The molecular formula is C20H29N5.